The van der Waals surface area contributed by atoms with E-state index in [-0.39, 0.29) is 11.4 Å². The van der Waals surface area contributed by atoms with Crippen molar-refractivity contribution in [1.29, 1.82) is 0 Å². The lowest BCUT2D eigenvalue weighted by Crippen LogP contribution is -2.42. The van der Waals surface area contributed by atoms with Crippen LogP contribution in [0.5, 0.6) is 0 Å². The minimum Gasteiger partial charge on any atom is -0.480 e. The van der Waals surface area contributed by atoms with Gasteiger partial charge in [-0.1, -0.05) is 6.07 Å². The lowest BCUT2D eigenvalue weighted by Gasteiger charge is -2.10. The molecule has 0 aliphatic heterocycles. The van der Waals surface area contributed by atoms with Gasteiger partial charge in [-0.05, 0) is 43.9 Å². The van der Waals surface area contributed by atoms with E-state index >= 15 is 0 Å². The zero-order chi connectivity index (χ0) is 18.1. The fourth-order valence-electron chi connectivity index (χ4n) is 3.00. The second kappa shape index (κ2) is 6.62. The molecule has 8 heteroatoms. The Labute approximate surface area is 142 Å². The first-order valence-electron chi connectivity index (χ1n) is 7.89. The zero-order valence-corrected chi connectivity index (χ0v) is 13.6. The summed E-state index contributed by atoms with van der Waals surface area (Å²) < 4.78 is 28.4. The molecule has 1 heterocycles. The van der Waals surface area contributed by atoms with Crippen LogP contribution >= 0.6 is 0 Å². The topological polar surface area (TPSA) is 84.2 Å². The standard InChI is InChI=1S/C17H17F2N3O3/c1-9-5-6-11(19)14(7-9)22-13-4-2-3-10(13)15(21-22)16(23)20-12(8-18)17(24)25/h5-7,12H,2-4,8H2,1H3,(H,20,23)(H,24,25). The van der Waals surface area contributed by atoms with E-state index in [2.05, 4.69) is 10.4 Å². The Bertz CT molecular complexity index is 848. The molecule has 2 aromatic rings. The van der Waals surface area contributed by atoms with E-state index in [0.29, 0.717) is 18.4 Å². The third-order valence-electron chi connectivity index (χ3n) is 4.23. The monoisotopic (exact) mass is 349 g/mol. The number of nitrogens with one attached hydrogen (secondary N) is 1. The number of aliphatic carboxylic acids is 1. The number of amides is 1. The second-order valence-electron chi connectivity index (χ2n) is 6.01. The summed E-state index contributed by atoms with van der Waals surface area (Å²) in [6.07, 6.45) is 2.00. The van der Waals surface area contributed by atoms with Crippen molar-refractivity contribution < 1.29 is 23.5 Å². The Morgan fingerprint density at radius 1 is 1.40 bits per heavy atom. The molecule has 0 bridgehead atoms. The molecule has 1 aliphatic rings. The number of fused-ring (bicyclic) bond motifs is 1. The third kappa shape index (κ3) is 3.11. The summed E-state index contributed by atoms with van der Waals surface area (Å²) >= 11 is 0. The van der Waals surface area contributed by atoms with Gasteiger partial charge >= 0.3 is 5.97 Å². The van der Waals surface area contributed by atoms with Crippen LogP contribution in [0.1, 0.15) is 33.7 Å². The number of rotatable bonds is 5. The van der Waals surface area contributed by atoms with Crippen molar-refractivity contribution in [3.05, 3.63) is 46.5 Å². The number of carbonyl (C=O) groups excluding carboxylic acids is 1. The number of carboxylic acids is 1. The van der Waals surface area contributed by atoms with Gasteiger partial charge in [-0.2, -0.15) is 5.10 Å². The third-order valence-corrected chi connectivity index (χ3v) is 4.23. The number of aromatic nitrogens is 2. The molecule has 0 radical (unpaired) electrons. The highest BCUT2D eigenvalue weighted by Gasteiger charge is 2.30. The Kier molecular flexibility index (Phi) is 4.52. The van der Waals surface area contributed by atoms with Crippen LogP contribution < -0.4 is 5.32 Å². The summed E-state index contributed by atoms with van der Waals surface area (Å²) in [6, 6.07) is 2.96. The van der Waals surface area contributed by atoms with Gasteiger partial charge in [0.05, 0.1) is 0 Å². The van der Waals surface area contributed by atoms with Crippen molar-refractivity contribution in [2.24, 2.45) is 0 Å². The molecule has 0 saturated heterocycles. The van der Waals surface area contributed by atoms with Gasteiger partial charge < -0.3 is 10.4 Å². The average Bonchev–Trinajstić information content (AvgIpc) is 3.16. The Hall–Kier alpha value is -2.77. The van der Waals surface area contributed by atoms with Crippen LogP contribution in [0.2, 0.25) is 0 Å². The second-order valence-corrected chi connectivity index (χ2v) is 6.01. The van der Waals surface area contributed by atoms with Crippen LogP contribution in [0.3, 0.4) is 0 Å². The molecule has 6 nitrogen and oxygen atoms in total. The van der Waals surface area contributed by atoms with Crippen molar-refractivity contribution in [3.8, 4) is 5.69 Å². The number of carboxylic acid groups (broad SMARTS) is 1. The van der Waals surface area contributed by atoms with E-state index in [1.165, 1.54) is 10.7 Å². The molecule has 1 aromatic carbocycles. The van der Waals surface area contributed by atoms with Crippen molar-refractivity contribution in [1.82, 2.24) is 15.1 Å². The van der Waals surface area contributed by atoms with Crippen molar-refractivity contribution in [3.63, 3.8) is 0 Å². The summed E-state index contributed by atoms with van der Waals surface area (Å²) in [7, 11) is 0. The van der Waals surface area contributed by atoms with Crippen LogP contribution in [-0.2, 0) is 17.6 Å². The van der Waals surface area contributed by atoms with E-state index < -0.39 is 30.4 Å². The first-order chi connectivity index (χ1) is 11.9. The maximum Gasteiger partial charge on any atom is 0.328 e. The quantitative estimate of drug-likeness (QED) is 0.864. The molecule has 0 saturated carbocycles. The highest BCUT2D eigenvalue weighted by Crippen LogP contribution is 2.29. The molecule has 0 fully saturated rings. The smallest absolute Gasteiger partial charge is 0.328 e. The Morgan fingerprint density at radius 3 is 2.84 bits per heavy atom. The lowest BCUT2D eigenvalue weighted by molar-refractivity contribution is -0.139. The predicted molar refractivity (Wildman–Crippen MR) is 85.1 cm³/mol. The molecule has 25 heavy (non-hydrogen) atoms. The summed E-state index contributed by atoms with van der Waals surface area (Å²) in [4.78, 5) is 23.3. The minimum atomic E-state index is -1.63. The van der Waals surface area contributed by atoms with Crippen molar-refractivity contribution in [2.45, 2.75) is 32.2 Å². The van der Waals surface area contributed by atoms with Gasteiger partial charge in [-0.25, -0.2) is 18.3 Å². The fraction of sp³-hybridized carbons (Fsp3) is 0.353. The molecule has 1 aliphatic carbocycles. The Balaban J connectivity index is 2.02. The zero-order valence-electron chi connectivity index (χ0n) is 13.6. The first-order valence-corrected chi connectivity index (χ1v) is 7.89. The van der Waals surface area contributed by atoms with Gasteiger partial charge in [0.15, 0.2) is 11.7 Å². The molecular weight excluding hydrogens is 332 g/mol. The molecule has 1 unspecified atom stereocenters. The number of nitrogens with zero attached hydrogens (tertiary/aromatic N) is 2. The SMILES string of the molecule is Cc1ccc(F)c(-n2nc(C(=O)NC(CF)C(=O)O)c3c2CCC3)c1. The normalized spacial score (nSPS) is 14.2. The maximum absolute atomic E-state index is 14.2. The van der Waals surface area contributed by atoms with Crippen LogP contribution in [0.25, 0.3) is 5.69 Å². The van der Waals surface area contributed by atoms with E-state index in [4.69, 9.17) is 5.11 Å². The van der Waals surface area contributed by atoms with Crippen LogP contribution in [-0.4, -0.2) is 39.5 Å². The van der Waals surface area contributed by atoms with E-state index in [9.17, 15) is 18.4 Å². The van der Waals surface area contributed by atoms with Gasteiger partial charge in [0.25, 0.3) is 5.91 Å². The molecule has 1 atom stereocenters. The average molecular weight is 349 g/mol. The lowest BCUT2D eigenvalue weighted by atomic mass is 10.1. The summed E-state index contributed by atoms with van der Waals surface area (Å²) in [5.41, 5.74) is 2.47. The minimum absolute atomic E-state index is 0.0214. The van der Waals surface area contributed by atoms with Crippen molar-refractivity contribution in [2.75, 3.05) is 6.67 Å². The van der Waals surface area contributed by atoms with E-state index in [1.807, 2.05) is 6.92 Å². The molecule has 3 rings (SSSR count). The van der Waals surface area contributed by atoms with Crippen LogP contribution in [0.4, 0.5) is 8.78 Å². The number of hydrogen-bond acceptors (Lipinski definition) is 3. The molecular formula is C17H17F2N3O3. The summed E-state index contributed by atoms with van der Waals surface area (Å²) in [6.45, 7) is 0.593. The highest BCUT2D eigenvalue weighted by molar-refractivity contribution is 5.96. The predicted octanol–water partition coefficient (Wildman–Crippen LogP) is 1.96. The number of hydrogen-bond donors (Lipinski definition) is 2. The molecule has 0 spiro atoms. The fourth-order valence-corrected chi connectivity index (χ4v) is 3.00. The number of alkyl halides is 1. The number of carbonyl (C=O) groups is 2. The summed E-state index contributed by atoms with van der Waals surface area (Å²) in [5.74, 6) is -2.70. The maximum atomic E-state index is 14.2. The largest absolute Gasteiger partial charge is 0.480 e. The van der Waals surface area contributed by atoms with Gasteiger partial charge in [-0.3, -0.25) is 4.79 Å². The van der Waals surface area contributed by atoms with Crippen molar-refractivity contribution >= 4 is 11.9 Å². The number of benzene rings is 1. The van der Waals surface area contributed by atoms with E-state index in [1.54, 1.807) is 12.1 Å². The van der Waals surface area contributed by atoms with Gasteiger partial charge in [0.2, 0.25) is 0 Å². The molecule has 1 aromatic heterocycles. The van der Waals surface area contributed by atoms with Crippen LogP contribution in [0.15, 0.2) is 18.2 Å². The van der Waals surface area contributed by atoms with Gasteiger partial charge in [0, 0.05) is 11.3 Å². The molecule has 132 valence electrons. The van der Waals surface area contributed by atoms with Gasteiger partial charge in [-0.15, -0.1) is 0 Å². The van der Waals surface area contributed by atoms with Crippen LogP contribution in [0, 0.1) is 12.7 Å². The highest BCUT2D eigenvalue weighted by atomic mass is 19.1. The number of halogens is 2. The first kappa shape index (κ1) is 17.1. The molecule has 2 N–H and O–H groups in total. The number of aryl methyl sites for hydroxylation is 1. The van der Waals surface area contributed by atoms with Gasteiger partial charge in [0.1, 0.15) is 18.2 Å². The molecule has 1 amide bonds. The van der Waals surface area contributed by atoms with E-state index in [0.717, 1.165) is 17.7 Å². The summed E-state index contributed by atoms with van der Waals surface area (Å²) in [5, 5.41) is 15.2. The Morgan fingerprint density at radius 2 is 2.16 bits per heavy atom.